The molecule has 0 spiro atoms. The van der Waals surface area contributed by atoms with Crippen LogP contribution < -0.4 is 5.32 Å². The molecule has 15 heavy (non-hydrogen) atoms. The Morgan fingerprint density at radius 3 is 2.53 bits per heavy atom. The molecule has 3 heteroatoms. The normalized spacial score (nSPS) is 31.3. The molecule has 2 fully saturated rings. The van der Waals surface area contributed by atoms with Crippen LogP contribution in [0.4, 0.5) is 0 Å². The number of hydrogen-bond acceptors (Lipinski definition) is 2. The monoisotopic (exact) mass is 211 g/mol. The van der Waals surface area contributed by atoms with Gasteiger partial charge in [-0.25, -0.2) is 0 Å². The van der Waals surface area contributed by atoms with Crippen molar-refractivity contribution in [1.82, 2.24) is 5.32 Å². The predicted molar refractivity (Wildman–Crippen MR) is 58.4 cm³/mol. The fourth-order valence-electron chi connectivity index (χ4n) is 2.64. The van der Waals surface area contributed by atoms with Crippen LogP contribution in [-0.2, 0) is 4.79 Å². The molecule has 0 aromatic heterocycles. The largest absolute Gasteiger partial charge is 0.393 e. The van der Waals surface area contributed by atoms with Gasteiger partial charge in [0.05, 0.1) is 6.10 Å². The lowest BCUT2D eigenvalue weighted by Crippen LogP contribution is -2.46. The lowest BCUT2D eigenvalue weighted by atomic mass is 9.89. The van der Waals surface area contributed by atoms with Crippen molar-refractivity contribution in [2.75, 3.05) is 0 Å². The molecule has 0 bridgehead atoms. The molecule has 2 aliphatic rings. The van der Waals surface area contributed by atoms with E-state index >= 15 is 0 Å². The molecule has 0 aliphatic heterocycles. The first-order valence-electron chi connectivity index (χ1n) is 6.21. The second-order valence-electron chi connectivity index (χ2n) is 5.08. The summed E-state index contributed by atoms with van der Waals surface area (Å²) in [5.74, 6) is 0.974. The molecule has 2 saturated carbocycles. The summed E-state index contributed by atoms with van der Waals surface area (Å²) in [5, 5.41) is 12.1. The quantitative estimate of drug-likeness (QED) is 0.742. The minimum atomic E-state index is -0.176. The van der Waals surface area contributed by atoms with E-state index in [0.717, 1.165) is 25.2 Å². The van der Waals surface area contributed by atoms with E-state index in [4.69, 9.17) is 5.11 Å². The maximum atomic E-state index is 11.5. The van der Waals surface area contributed by atoms with Crippen molar-refractivity contribution in [3.05, 3.63) is 0 Å². The standard InChI is InChI=1S/C12H21NO2/c14-11-7-10(8-11)13-12(15)6-5-9-3-1-2-4-9/h9-11,14H,1-8H2,(H,13,15). The van der Waals surface area contributed by atoms with Gasteiger partial charge in [0, 0.05) is 12.5 Å². The molecule has 0 unspecified atom stereocenters. The Bertz CT molecular complexity index is 218. The van der Waals surface area contributed by atoms with E-state index in [-0.39, 0.29) is 18.1 Å². The highest BCUT2D eigenvalue weighted by atomic mass is 16.3. The van der Waals surface area contributed by atoms with Crippen LogP contribution in [0.15, 0.2) is 0 Å². The first-order valence-corrected chi connectivity index (χ1v) is 6.21. The summed E-state index contributed by atoms with van der Waals surface area (Å²) in [6, 6.07) is 0.246. The number of amides is 1. The molecule has 0 saturated heterocycles. The number of carbonyl (C=O) groups excluding carboxylic acids is 1. The highest BCUT2D eigenvalue weighted by Crippen LogP contribution is 2.28. The zero-order valence-electron chi connectivity index (χ0n) is 9.24. The fraction of sp³-hybridized carbons (Fsp3) is 0.917. The Balaban J connectivity index is 1.56. The zero-order valence-corrected chi connectivity index (χ0v) is 9.24. The van der Waals surface area contributed by atoms with Gasteiger partial charge in [0.15, 0.2) is 0 Å². The molecule has 0 aromatic carbocycles. The van der Waals surface area contributed by atoms with Crippen LogP contribution in [0, 0.1) is 5.92 Å². The van der Waals surface area contributed by atoms with Crippen molar-refractivity contribution in [3.63, 3.8) is 0 Å². The second kappa shape index (κ2) is 4.97. The Morgan fingerprint density at radius 1 is 1.27 bits per heavy atom. The average molecular weight is 211 g/mol. The number of hydrogen-bond donors (Lipinski definition) is 2. The molecule has 2 N–H and O–H groups in total. The Labute approximate surface area is 91.2 Å². The van der Waals surface area contributed by atoms with Crippen molar-refractivity contribution >= 4 is 5.91 Å². The van der Waals surface area contributed by atoms with Crippen LogP contribution in [-0.4, -0.2) is 23.2 Å². The van der Waals surface area contributed by atoms with E-state index < -0.39 is 0 Å². The molecule has 0 heterocycles. The van der Waals surface area contributed by atoms with Gasteiger partial charge in [0.1, 0.15) is 0 Å². The molecule has 86 valence electrons. The fourth-order valence-corrected chi connectivity index (χ4v) is 2.64. The van der Waals surface area contributed by atoms with Gasteiger partial charge < -0.3 is 10.4 Å². The van der Waals surface area contributed by atoms with Crippen LogP contribution in [0.25, 0.3) is 0 Å². The summed E-state index contributed by atoms with van der Waals surface area (Å²) in [5.41, 5.74) is 0. The lowest BCUT2D eigenvalue weighted by Gasteiger charge is -2.32. The molecule has 2 aliphatic carbocycles. The number of aliphatic hydroxyl groups is 1. The topological polar surface area (TPSA) is 49.3 Å². The third kappa shape index (κ3) is 3.20. The number of aliphatic hydroxyl groups excluding tert-OH is 1. The summed E-state index contributed by atoms with van der Waals surface area (Å²) in [4.78, 5) is 11.5. The number of nitrogens with one attached hydrogen (secondary N) is 1. The van der Waals surface area contributed by atoms with Crippen LogP contribution in [0.3, 0.4) is 0 Å². The lowest BCUT2D eigenvalue weighted by molar-refractivity contribution is -0.123. The summed E-state index contributed by atoms with van der Waals surface area (Å²) >= 11 is 0. The molecule has 1 amide bonds. The number of carbonyl (C=O) groups is 1. The van der Waals surface area contributed by atoms with Gasteiger partial charge in [0.2, 0.25) is 5.91 Å². The zero-order chi connectivity index (χ0) is 10.7. The molecule has 3 nitrogen and oxygen atoms in total. The van der Waals surface area contributed by atoms with E-state index in [0.29, 0.717) is 6.42 Å². The van der Waals surface area contributed by atoms with Crippen LogP contribution >= 0.6 is 0 Å². The third-order valence-corrected chi connectivity index (χ3v) is 3.73. The van der Waals surface area contributed by atoms with Crippen molar-refractivity contribution in [3.8, 4) is 0 Å². The SMILES string of the molecule is O=C(CCC1CCCC1)NC1CC(O)C1. The van der Waals surface area contributed by atoms with E-state index in [1.807, 2.05) is 0 Å². The van der Waals surface area contributed by atoms with E-state index in [2.05, 4.69) is 5.32 Å². The summed E-state index contributed by atoms with van der Waals surface area (Å²) in [6.45, 7) is 0. The first kappa shape index (κ1) is 10.9. The Hall–Kier alpha value is -0.570. The van der Waals surface area contributed by atoms with Crippen LogP contribution in [0.5, 0.6) is 0 Å². The minimum Gasteiger partial charge on any atom is -0.393 e. The van der Waals surface area contributed by atoms with E-state index in [9.17, 15) is 4.79 Å². The van der Waals surface area contributed by atoms with Crippen LogP contribution in [0.1, 0.15) is 51.4 Å². The highest BCUT2D eigenvalue weighted by molar-refractivity contribution is 5.76. The first-order chi connectivity index (χ1) is 7.24. The second-order valence-corrected chi connectivity index (χ2v) is 5.08. The Morgan fingerprint density at radius 2 is 1.93 bits per heavy atom. The van der Waals surface area contributed by atoms with Crippen molar-refractivity contribution in [2.24, 2.45) is 5.92 Å². The number of rotatable bonds is 4. The molecule has 0 atom stereocenters. The van der Waals surface area contributed by atoms with Gasteiger partial charge >= 0.3 is 0 Å². The van der Waals surface area contributed by atoms with Gasteiger partial charge in [-0.2, -0.15) is 0 Å². The van der Waals surface area contributed by atoms with Crippen LogP contribution in [0.2, 0.25) is 0 Å². The predicted octanol–water partition coefficient (Wildman–Crippen LogP) is 1.60. The summed E-state index contributed by atoms with van der Waals surface area (Å²) in [7, 11) is 0. The van der Waals surface area contributed by atoms with Gasteiger partial charge in [-0.3, -0.25) is 4.79 Å². The minimum absolute atomic E-state index is 0.176. The molecule has 0 radical (unpaired) electrons. The highest BCUT2D eigenvalue weighted by Gasteiger charge is 2.28. The van der Waals surface area contributed by atoms with Gasteiger partial charge in [-0.1, -0.05) is 25.7 Å². The summed E-state index contributed by atoms with van der Waals surface area (Å²) < 4.78 is 0. The third-order valence-electron chi connectivity index (χ3n) is 3.73. The molecule has 0 aromatic rings. The molecular formula is C12H21NO2. The van der Waals surface area contributed by atoms with E-state index in [1.54, 1.807) is 0 Å². The van der Waals surface area contributed by atoms with Crippen molar-refractivity contribution in [1.29, 1.82) is 0 Å². The van der Waals surface area contributed by atoms with Gasteiger partial charge in [-0.15, -0.1) is 0 Å². The maximum Gasteiger partial charge on any atom is 0.220 e. The average Bonchev–Trinajstić information content (AvgIpc) is 2.65. The van der Waals surface area contributed by atoms with Gasteiger partial charge in [-0.05, 0) is 25.2 Å². The van der Waals surface area contributed by atoms with Crippen molar-refractivity contribution < 1.29 is 9.90 Å². The summed E-state index contributed by atoms with van der Waals surface area (Å²) in [6.07, 6.45) is 8.38. The Kier molecular flexibility index (Phi) is 3.62. The maximum absolute atomic E-state index is 11.5. The van der Waals surface area contributed by atoms with Gasteiger partial charge in [0.25, 0.3) is 0 Å². The smallest absolute Gasteiger partial charge is 0.220 e. The molecular weight excluding hydrogens is 190 g/mol. The van der Waals surface area contributed by atoms with Crippen molar-refractivity contribution in [2.45, 2.75) is 63.5 Å². The molecule has 2 rings (SSSR count). The van der Waals surface area contributed by atoms with E-state index in [1.165, 1.54) is 25.7 Å².